The quantitative estimate of drug-likeness (QED) is 0.309. The number of hydrogen-bond donors (Lipinski definition) is 1. The second-order valence-corrected chi connectivity index (χ2v) is 11.3. The number of anilines is 1. The van der Waals surface area contributed by atoms with Crippen LogP contribution < -0.4 is 14.4 Å². The molecule has 0 aliphatic carbocycles. The van der Waals surface area contributed by atoms with Crippen LogP contribution >= 0.6 is 0 Å². The fourth-order valence-corrected chi connectivity index (χ4v) is 5.84. The van der Waals surface area contributed by atoms with Crippen molar-refractivity contribution in [3.05, 3.63) is 90.0 Å². The van der Waals surface area contributed by atoms with Crippen LogP contribution in [-0.2, 0) is 26.0 Å². The van der Waals surface area contributed by atoms with Crippen LogP contribution in [0.2, 0.25) is 0 Å². The minimum atomic E-state index is -4.11. The number of sulfonamides is 1. The SMILES string of the molecule is CCNC(=O)[C@@H](CC)N(CCc1ccccc1)C(=O)CN(c1ccc(OCC)cc1)S(=O)(=O)c1ccc(C)cc1. The highest BCUT2D eigenvalue weighted by molar-refractivity contribution is 7.92. The van der Waals surface area contributed by atoms with Gasteiger partial charge in [0.25, 0.3) is 10.0 Å². The summed E-state index contributed by atoms with van der Waals surface area (Å²) < 4.78 is 34.5. The highest BCUT2D eigenvalue weighted by Crippen LogP contribution is 2.27. The van der Waals surface area contributed by atoms with E-state index in [1.54, 1.807) is 36.4 Å². The second-order valence-electron chi connectivity index (χ2n) is 9.39. The summed E-state index contributed by atoms with van der Waals surface area (Å²) >= 11 is 0. The number of aryl methyl sites for hydroxylation is 1. The number of nitrogens with one attached hydrogen (secondary N) is 1. The Morgan fingerprint density at radius 3 is 2.12 bits per heavy atom. The number of carbonyl (C=O) groups excluding carboxylic acids is 2. The first-order chi connectivity index (χ1) is 19.2. The number of rotatable bonds is 14. The zero-order chi connectivity index (χ0) is 29.1. The van der Waals surface area contributed by atoms with Gasteiger partial charge in [0.2, 0.25) is 11.8 Å². The maximum Gasteiger partial charge on any atom is 0.264 e. The molecule has 3 aromatic carbocycles. The molecular formula is C31H39N3O5S. The van der Waals surface area contributed by atoms with Crippen molar-refractivity contribution in [2.75, 3.05) is 30.5 Å². The van der Waals surface area contributed by atoms with Gasteiger partial charge < -0.3 is 15.0 Å². The van der Waals surface area contributed by atoms with Crippen molar-refractivity contribution in [1.29, 1.82) is 0 Å². The average Bonchev–Trinajstić information content (AvgIpc) is 2.95. The third-order valence-electron chi connectivity index (χ3n) is 6.54. The van der Waals surface area contributed by atoms with Crippen LogP contribution in [0.15, 0.2) is 83.8 Å². The van der Waals surface area contributed by atoms with Crippen molar-refractivity contribution in [3.8, 4) is 5.75 Å². The number of likely N-dealkylation sites (N-methyl/N-ethyl adjacent to an activating group) is 1. The van der Waals surface area contributed by atoms with Gasteiger partial charge in [-0.05, 0) is 75.6 Å². The highest BCUT2D eigenvalue weighted by Gasteiger charge is 2.33. The van der Waals surface area contributed by atoms with Crippen molar-refractivity contribution < 1.29 is 22.7 Å². The van der Waals surface area contributed by atoms with Gasteiger partial charge in [-0.25, -0.2) is 8.42 Å². The molecule has 2 amide bonds. The number of hydrogen-bond acceptors (Lipinski definition) is 5. The standard InChI is InChI=1S/C31H39N3O5S/c1-5-29(31(36)32-6-2)33(22-21-25-11-9-8-10-12-25)30(35)23-34(26-15-17-27(18-16-26)39-7-3)40(37,38)28-19-13-24(4)14-20-28/h8-20,29H,5-7,21-23H2,1-4H3,(H,32,36)/t29-/m1/s1. The van der Waals surface area contributed by atoms with Crippen LogP contribution in [0.4, 0.5) is 5.69 Å². The van der Waals surface area contributed by atoms with E-state index in [1.165, 1.54) is 17.0 Å². The first-order valence-electron chi connectivity index (χ1n) is 13.6. The minimum absolute atomic E-state index is 0.0754. The average molecular weight is 566 g/mol. The first kappa shape index (κ1) is 30.7. The molecule has 0 spiro atoms. The molecule has 0 aliphatic rings. The summed E-state index contributed by atoms with van der Waals surface area (Å²) in [6.07, 6.45) is 0.913. The lowest BCUT2D eigenvalue weighted by molar-refractivity contribution is -0.139. The molecule has 9 heteroatoms. The van der Waals surface area contributed by atoms with E-state index < -0.39 is 28.5 Å². The number of carbonyl (C=O) groups is 2. The molecule has 0 bridgehead atoms. The van der Waals surface area contributed by atoms with E-state index in [0.29, 0.717) is 37.4 Å². The van der Waals surface area contributed by atoms with Crippen LogP contribution in [0.1, 0.15) is 38.3 Å². The molecule has 0 heterocycles. The first-order valence-corrected chi connectivity index (χ1v) is 15.1. The Morgan fingerprint density at radius 1 is 0.900 bits per heavy atom. The van der Waals surface area contributed by atoms with Crippen molar-refractivity contribution in [1.82, 2.24) is 10.2 Å². The van der Waals surface area contributed by atoms with Crippen molar-refractivity contribution in [2.45, 2.75) is 51.5 Å². The highest BCUT2D eigenvalue weighted by atomic mass is 32.2. The Morgan fingerprint density at radius 2 is 1.55 bits per heavy atom. The van der Waals surface area contributed by atoms with Crippen LogP contribution in [-0.4, -0.2) is 57.4 Å². The maximum atomic E-state index is 14.0. The van der Waals surface area contributed by atoms with Crippen LogP contribution in [0.25, 0.3) is 0 Å². The topological polar surface area (TPSA) is 96.0 Å². The van der Waals surface area contributed by atoms with E-state index in [4.69, 9.17) is 4.74 Å². The smallest absolute Gasteiger partial charge is 0.264 e. The summed E-state index contributed by atoms with van der Waals surface area (Å²) in [6.45, 7) is 8.10. The van der Waals surface area contributed by atoms with Gasteiger partial charge in [-0.2, -0.15) is 0 Å². The molecule has 0 aromatic heterocycles. The van der Waals surface area contributed by atoms with E-state index in [-0.39, 0.29) is 17.3 Å². The molecule has 0 aliphatic heterocycles. The fourth-order valence-electron chi connectivity index (χ4n) is 4.43. The van der Waals surface area contributed by atoms with Gasteiger partial charge in [0, 0.05) is 13.1 Å². The third-order valence-corrected chi connectivity index (χ3v) is 8.33. The van der Waals surface area contributed by atoms with E-state index in [9.17, 15) is 18.0 Å². The molecule has 1 atom stereocenters. The molecule has 40 heavy (non-hydrogen) atoms. The number of nitrogens with zero attached hydrogens (tertiary/aromatic N) is 2. The lowest BCUT2D eigenvalue weighted by Gasteiger charge is -2.33. The summed E-state index contributed by atoms with van der Waals surface area (Å²) in [5, 5.41) is 2.82. The Labute approximate surface area is 238 Å². The van der Waals surface area contributed by atoms with Gasteiger partial charge in [-0.1, -0.05) is 55.0 Å². The predicted octanol–water partition coefficient (Wildman–Crippen LogP) is 4.58. The van der Waals surface area contributed by atoms with Gasteiger partial charge in [-0.3, -0.25) is 13.9 Å². The summed E-state index contributed by atoms with van der Waals surface area (Å²) in [5.74, 6) is -0.129. The minimum Gasteiger partial charge on any atom is -0.494 e. The molecule has 0 saturated heterocycles. The zero-order valence-corrected chi connectivity index (χ0v) is 24.5. The molecule has 3 rings (SSSR count). The van der Waals surface area contributed by atoms with Gasteiger partial charge >= 0.3 is 0 Å². The maximum absolute atomic E-state index is 14.0. The molecule has 0 saturated carbocycles. The third kappa shape index (κ3) is 7.85. The summed E-state index contributed by atoms with van der Waals surface area (Å²) in [4.78, 5) is 28.5. The van der Waals surface area contributed by atoms with E-state index in [0.717, 1.165) is 15.4 Å². The summed E-state index contributed by atoms with van der Waals surface area (Å²) in [6, 6.07) is 22.1. The van der Waals surface area contributed by atoms with Crippen LogP contribution in [0.5, 0.6) is 5.75 Å². The normalized spacial score (nSPS) is 11.9. The van der Waals surface area contributed by atoms with Gasteiger partial charge in [0.05, 0.1) is 17.2 Å². The van der Waals surface area contributed by atoms with Gasteiger partial charge in [-0.15, -0.1) is 0 Å². The Hall–Kier alpha value is -3.85. The molecule has 1 N–H and O–H groups in total. The van der Waals surface area contributed by atoms with E-state index in [1.807, 2.05) is 58.0 Å². The molecule has 0 radical (unpaired) electrons. The Balaban J connectivity index is 2.00. The number of benzene rings is 3. The molecular weight excluding hydrogens is 526 g/mol. The van der Waals surface area contributed by atoms with Crippen LogP contribution in [0, 0.1) is 6.92 Å². The summed E-state index contributed by atoms with van der Waals surface area (Å²) in [7, 11) is -4.11. The van der Waals surface area contributed by atoms with Crippen molar-refractivity contribution in [3.63, 3.8) is 0 Å². The lowest BCUT2D eigenvalue weighted by atomic mass is 10.1. The largest absolute Gasteiger partial charge is 0.494 e. The number of amides is 2. The summed E-state index contributed by atoms with van der Waals surface area (Å²) in [5.41, 5.74) is 2.26. The van der Waals surface area contributed by atoms with E-state index >= 15 is 0 Å². The lowest BCUT2D eigenvalue weighted by Crippen LogP contribution is -2.53. The fraction of sp³-hybridized carbons (Fsp3) is 0.355. The van der Waals surface area contributed by atoms with Gasteiger partial charge in [0.1, 0.15) is 18.3 Å². The van der Waals surface area contributed by atoms with Crippen LogP contribution in [0.3, 0.4) is 0 Å². The van der Waals surface area contributed by atoms with Gasteiger partial charge in [0.15, 0.2) is 0 Å². The van der Waals surface area contributed by atoms with E-state index in [2.05, 4.69) is 5.32 Å². The monoisotopic (exact) mass is 565 g/mol. The zero-order valence-electron chi connectivity index (χ0n) is 23.7. The van der Waals surface area contributed by atoms with Crippen molar-refractivity contribution in [2.24, 2.45) is 0 Å². The molecule has 0 fully saturated rings. The second kappa shape index (κ2) is 14.5. The Bertz CT molecular complexity index is 1340. The molecule has 3 aromatic rings. The predicted molar refractivity (Wildman–Crippen MR) is 158 cm³/mol. The molecule has 8 nitrogen and oxygen atoms in total. The molecule has 0 unspecified atom stereocenters. The molecule has 214 valence electrons. The number of ether oxygens (including phenoxy) is 1. The Kier molecular flexibility index (Phi) is 11.1. The van der Waals surface area contributed by atoms with Crippen molar-refractivity contribution >= 4 is 27.5 Å².